The number of fused-ring (bicyclic) bond motifs is 2. The predicted molar refractivity (Wildman–Crippen MR) is 132 cm³/mol. The first kappa shape index (κ1) is 20.7. The second kappa shape index (κ2) is 7.56. The lowest BCUT2D eigenvalue weighted by Crippen LogP contribution is -2.59. The van der Waals surface area contributed by atoms with Crippen LogP contribution in [0.4, 0.5) is 5.82 Å². The van der Waals surface area contributed by atoms with E-state index in [1.807, 2.05) is 23.4 Å². The standard InChI is InChI=1S/C27H26N6O/c1-3-22(34)33-15-27(16-33)9-11-32(14-27)26-20(12-28)24(18-6-4-5-7-21(18)31-26)23-17(2)13-30-25-19(23)8-10-29-25/h3,5,7-8,10,13H,1,4,6,9,11,14-16H2,2H3,(H,29,30). The van der Waals surface area contributed by atoms with Gasteiger partial charge in [0.2, 0.25) is 5.91 Å². The molecule has 2 saturated heterocycles. The number of pyridine rings is 2. The summed E-state index contributed by atoms with van der Waals surface area (Å²) in [6.45, 7) is 8.77. The highest BCUT2D eigenvalue weighted by molar-refractivity contribution is 5.99. The van der Waals surface area contributed by atoms with E-state index in [1.54, 1.807) is 0 Å². The molecule has 7 nitrogen and oxygen atoms in total. The van der Waals surface area contributed by atoms with E-state index in [0.29, 0.717) is 5.56 Å². The lowest BCUT2D eigenvalue weighted by Gasteiger charge is -2.47. The Labute approximate surface area is 198 Å². The third-order valence-electron chi connectivity index (χ3n) is 7.56. The van der Waals surface area contributed by atoms with Crippen LogP contribution in [-0.2, 0) is 11.2 Å². The van der Waals surface area contributed by atoms with Gasteiger partial charge in [-0.3, -0.25) is 4.79 Å². The molecule has 0 aromatic carbocycles. The van der Waals surface area contributed by atoms with Crippen LogP contribution >= 0.6 is 0 Å². The normalized spacial score (nSPS) is 18.1. The van der Waals surface area contributed by atoms with Gasteiger partial charge in [-0.25, -0.2) is 9.97 Å². The summed E-state index contributed by atoms with van der Waals surface area (Å²) in [5.74, 6) is 0.748. The van der Waals surface area contributed by atoms with E-state index in [4.69, 9.17) is 4.98 Å². The maximum atomic E-state index is 12.0. The van der Waals surface area contributed by atoms with Crippen molar-refractivity contribution in [1.82, 2.24) is 19.9 Å². The first-order valence-electron chi connectivity index (χ1n) is 11.8. The Morgan fingerprint density at radius 3 is 2.97 bits per heavy atom. The molecule has 34 heavy (non-hydrogen) atoms. The summed E-state index contributed by atoms with van der Waals surface area (Å²) in [7, 11) is 0. The van der Waals surface area contributed by atoms with Crippen LogP contribution in [0.25, 0.3) is 28.2 Å². The molecule has 3 aromatic rings. The number of carbonyl (C=O) groups is 1. The number of likely N-dealkylation sites (tertiary alicyclic amines) is 1. The van der Waals surface area contributed by atoms with Crippen molar-refractivity contribution in [2.45, 2.75) is 26.2 Å². The van der Waals surface area contributed by atoms with Gasteiger partial charge >= 0.3 is 0 Å². The number of aromatic amines is 1. The fourth-order valence-corrected chi connectivity index (χ4v) is 5.91. The van der Waals surface area contributed by atoms with Crippen LogP contribution in [-0.4, -0.2) is 51.9 Å². The maximum absolute atomic E-state index is 12.0. The summed E-state index contributed by atoms with van der Waals surface area (Å²) in [4.78, 5) is 28.9. The van der Waals surface area contributed by atoms with Gasteiger partial charge in [-0.05, 0) is 61.1 Å². The Balaban J connectivity index is 1.49. The number of nitrogens with one attached hydrogen (secondary N) is 1. The van der Waals surface area contributed by atoms with Gasteiger partial charge in [-0.15, -0.1) is 0 Å². The Bertz CT molecular complexity index is 1420. The fourth-order valence-electron chi connectivity index (χ4n) is 5.91. The van der Waals surface area contributed by atoms with Crippen molar-refractivity contribution < 1.29 is 4.79 Å². The maximum Gasteiger partial charge on any atom is 0.245 e. The summed E-state index contributed by atoms with van der Waals surface area (Å²) < 4.78 is 0. The van der Waals surface area contributed by atoms with Gasteiger partial charge in [0.1, 0.15) is 23.1 Å². The summed E-state index contributed by atoms with van der Waals surface area (Å²) in [5.41, 5.74) is 6.74. The molecular formula is C27H26N6O. The van der Waals surface area contributed by atoms with Crippen LogP contribution in [0.1, 0.15) is 35.2 Å². The molecule has 7 heteroatoms. The zero-order valence-electron chi connectivity index (χ0n) is 19.3. The molecule has 0 radical (unpaired) electrons. The zero-order chi connectivity index (χ0) is 23.4. The van der Waals surface area contributed by atoms with Gasteiger partial charge in [-0.2, -0.15) is 5.26 Å². The molecule has 1 amide bonds. The first-order valence-corrected chi connectivity index (χ1v) is 11.8. The molecule has 0 atom stereocenters. The van der Waals surface area contributed by atoms with E-state index in [0.717, 1.165) is 90.2 Å². The molecule has 1 N–H and O–H groups in total. The number of amides is 1. The van der Waals surface area contributed by atoms with Gasteiger partial charge in [-0.1, -0.05) is 12.7 Å². The molecule has 1 spiro atoms. The van der Waals surface area contributed by atoms with E-state index in [1.165, 1.54) is 6.08 Å². The SMILES string of the molecule is C=CC(=O)N1CC2(CCN(c3nc4c(c(-c5c(C)cnc6[nH]ccc56)c3C#N)CCC=C4)C2)C1. The second-order valence-electron chi connectivity index (χ2n) is 9.73. The van der Waals surface area contributed by atoms with E-state index < -0.39 is 0 Å². The van der Waals surface area contributed by atoms with Crippen molar-refractivity contribution in [1.29, 1.82) is 5.26 Å². The molecule has 0 bridgehead atoms. The Morgan fingerprint density at radius 2 is 2.18 bits per heavy atom. The minimum Gasteiger partial charge on any atom is -0.355 e. The molecule has 1 aliphatic carbocycles. The first-order chi connectivity index (χ1) is 16.5. The topological polar surface area (TPSA) is 88.9 Å². The number of rotatable bonds is 3. The quantitative estimate of drug-likeness (QED) is 0.610. The van der Waals surface area contributed by atoms with Crippen LogP contribution in [0.5, 0.6) is 0 Å². The number of anilines is 1. The predicted octanol–water partition coefficient (Wildman–Crippen LogP) is 3.99. The van der Waals surface area contributed by atoms with Crippen LogP contribution in [0, 0.1) is 23.7 Å². The van der Waals surface area contributed by atoms with E-state index in [2.05, 4.69) is 46.6 Å². The molecule has 3 aromatic heterocycles. The van der Waals surface area contributed by atoms with Crippen LogP contribution in [0.2, 0.25) is 0 Å². The lowest BCUT2D eigenvalue weighted by atomic mass is 9.79. The molecule has 2 fully saturated rings. The number of nitriles is 1. The zero-order valence-corrected chi connectivity index (χ0v) is 19.3. The Hall–Kier alpha value is -3.92. The van der Waals surface area contributed by atoms with Gasteiger partial charge in [0.25, 0.3) is 0 Å². The average molecular weight is 451 g/mol. The lowest BCUT2D eigenvalue weighted by molar-refractivity contribution is -0.136. The van der Waals surface area contributed by atoms with Gasteiger partial charge in [0.15, 0.2) is 0 Å². The Kier molecular flexibility index (Phi) is 4.59. The van der Waals surface area contributed by atoms with E-state index >= 15 is 0 Å². The highest BCUT2D eigenvalue weighted by atomic mass is 16.2. The molecule has 3 aliphatic rings. The van der Waals surface area contributed by atoms with Crippen molar-refractivity contribution in [2.75, 3.05) is 31.1 Å². The van der Waals surface area contributed by atoms with Crippen molar-refractivity contribution in [3.8, 4) is 17.2 Å². The molecule has 0 unspecified atom stereocenters. The van der Waals surface area contributed by atoms with Crippen molar-refractivity contribution in [3.05, 3.63) is 59.6 Å². The highest BCUT2D eigenvalue weighted by Gasteiger charge is 2.49. The largest absolute Gasteiger partial charge is 0.355 e. The van der Waals surface area contributed by atoms with Crippen molar-refractivity contribution in [3.63, 3.8) is 0 Å². The number of hydrogen-bond acceptors (Lipinski definition) is 5. The van der Waals surface area contributed by atoms with Crippen LogP contribution in [0.15, 0.2) is 37.2 Å². The summed E-state index contributed by atoms with van der Waals surface area (Å²) in [6, 6.07) is 4.58. The van der Waals surface area contributed by atoms with Crippen molar-refractivity contribution >= 4 is 28.8 Å². The molecule has 170 valence electrons. The van der Waals surface area contributed by atoms with Gasteiger partial charge in [0, 0.05) is 54.9 Å². The second-order valence-corrected chi connectivity index (χ2v) is 9.73. The number of allylic oxidation sites excluding steroid dienone is 1. The number of hydrogen-bond donors (Lipinski definition) is 1. The van der Waals surface area contributed by atoms with Gasteiger partial charge < -0.3 is 14.8 Å². The molecule has 2 aliphatic heterocycles. The molecule has 0 saturated carbocycles. The van der Waals surface area contributed by atoms with E-state index in [-0.39, 0.29) is 11.3 Å². The Morgan fingerprint density at radius 1 is 1.32 bits per heavy atom. The molecule has 5 heterocycles. The molecular weight excluding hydrogens is 424 g/mol. The third kappa shape index (κ3) is 2.98. The smallest absolute Gasteiger partial charge is 0.245 e. The van der Waals surface area contributed by atoms with Gasteiger partial charge in [0.05, 0.1) is 5.69 Å². The van der Waals surface area contributed by atoms with Crippen molar-refractivity contribution in [2.24, 2.45) is 5.41 Å². The van der Waals surface area contributed by atoms with Crippen LogP contribution < -0.4 is 4.90 Å². The third-order valence-corrected chi connectivity index (χ3v) is 7.56. The van der Waals surface area contributed by atoms with Crippen LogP contribution in [0.3, 0.4) is 0 Å². The summed E-state index contributed by atoms with van der Waals surface area (Å²) in [6.07, 6.45) is 12.2. The number of aryl methyl sites for hydroxylation is 1. The monoisotopic (exact) mass is 450 g/mol. The fraction of sp³-hybridized carbons (Fsp3) is 0.333. The minimum atomic E-state index is -0.00944. The highest BCUT2D eigenvalue weighted by Crippen LogP contribution is 2.45. The summed E-state index contributed by atoms with van der Waals surface area (Å²) in [5, 5.41) is 11.5. The number of aromatic nitrogens is 3. The number of nitrogens with zero attached hydrogens (tertiary/aromatic N) is 5. The number of carbonyl (C=O) groups excluding carboxylic acids is 1. The molecule has 6 rings (SSSR count). The van der Waals surface area contributed by atoms with E-state index in [9.17, 15) is 10.1 Å². The minimum absolute atomic E-state index is 0.00944. The number of H-pyrrole nitrogens is 1. The average Bonchev–Trinajstić information content (AvgIpc) is 3.49. The summed E-state index contributed by atoms with van der Waals surface area (Å²) >= 11 is 0.